The Balaban J connectivity index is 2.12. The van der Waals surface area contributed by atoms with Crippen LogP contribution in [0.25, 0.3) is 11.1 Å². The van der Waals surface area contributed by atoms with Crippen LogP contribution in [0.15, 0.2) is 47.9 Å². The molecule has 2 rings (SSSR count). The Morgan fingerprint density at radius 3 is 2.43 bits per heavy atom. The first-order valence-electron chi connectivity index (χ1n) is 6.64. The highest BCUT2D eigenvalue weighted by Gasteiger charge is 2.17. The van der Waals surface area contributed by atoms with Gasteiger partial charge in [-0.2, -0.15) is 0 Å². The van der Waals surface area contributed by atoms with Crippen LogP contribution < -0.4 is 10.9 Å². The molecule has 0 spiro atoms. The van der Waals surface area contributed by atoms with Gasteiger partial charge in [-0.05, 0) is 12.5 Å². The van der Waals surface area contributed by atoms with E-state index in [2.05, 4.69) is 10.9 Å². The quantitative estimate of drug-likeness (QED) is 0.591. The van der Waals surface area contributed by atoms with Gasteiger partial charge in [-0.15, -0.1) is 11.3 Å². The predicted octanol–water partition coefficient (Wildman–Crippen LogP) is 2.13. The van der Waals surface area contributed by atoms with Gasteiger partial charge in [0.05, 0.1) is 5.56 Å². The average molecular weight is 330 g/mol. The fourth-order valence-corrected chi connectivity index (χ4v) is 2.82. The van der Waals surface area contributed by atoms with E-state index in [-0.39, 0.29) is 0 Å². The molecule has 7 heteroatoms. The lowest BCUT2D eigenvalue weighted by molar-refractivity contribution is -0.131. The van der Waals surface area contributed by atoms with Crippen molar-refractivity contribution in [2.24, 2.45) is 0 Å². The molecule has 0 radical (unpaired) electrons. The van der Waals surface area contributed by atoms with Crippen LogP contribution >= 0.6 is 11.3 Å². The number of aryl methyl sites for hydroxylation is 1. The van der Waals surface area contributed by atoms with E-state index in [1.807, 2.05) is 37.3 Å². The highest BCUT2D eigenvalue weighted by Crippen LogP contribution is 2.32. The third kappa shape index (κ3) is 4.27. The summed E-state index contributed by atoms with van der Waals surface area (Å²) in [5.41, 5.74) is 6.58. The first-order chi connectivity index (χ1) is 11.0. The molecule has 6 nitrogen and oxygen atoms in total. The van der Waals surface area contributed by atoms with Crippen molar-refractivity contribution >= 4 is 29.1 Å². The number of amides is 2. The Labute approximate surface area is 136 Å². The Hall–Kier alpha value is -2.93. The molecule has 0 aliphatic carbocycles. The summed E-state index contributed by atoms with van der Waals surface area (Å²) in [6.07, 6.45) is 1.51. The largest absolute Gasteiger partial charge is 0.478 e. The maximum absolute atomic E-state index is 12.2. The van der Waals surface area contributed by atoms with Crippen LogP contribution in [0.1, 0.15) is 15.2 Å². The number of hydrogen-bond donors (Lipinski definition) is 3. The topological polar surface area (TPSA) is 95.5 Å². The van der Waals surface area contributed by atoms with E-state index in [9.17, 15) is 14.4 Å². The van der Waals surface area contributed by atoms with E-state index in [0.717, 1.165) is 22.1 Å². The normalized spacial score (nSPS) is 10.5. The number of benzene rings is 1. The molecule has 2 amide bonds. The van der Waals surface area contributed by atoms with Gasteiger partial charge in [-0.1, -0.05) is 30.3 Å². The van der Waals surface area contributed by atoms with Crippen molar-refractivity contribution in [1.29, 1.82) is 0 Å². The Bertz CT molecular complexity index is 766. The molecular formula is C16H14N2O4S. The average Bonchev–Trinajstić information content (AvgIpc) is 2.93. The van der Waals surface area contributed by atoms with E-state index in [0.29, 0.717) is 11.6 Å². The summed E-state index contributed by atoms with van der Waals surface area (Å²) < 4.78 is 0. The highest BCUT2D eigenvalue weighted by atomic mass is 32.1. The monoisotopic (exact) mass is 330 g/mol. The van der Waals surface area contributed by atoms with Crippen LogP contribution in [-0.4, -0.2) is 22.9 Å². The molecule has 0 atom stereocenters. The molecule has 118 valence electrons. The Morgan fingerprint density at radius 2 is 1.78 bits per heavy atom. The lowest BCUT2D eigenvalue weighted by Gasteiger charge is -2.07. The van der Waals surface area contributed by atoms with Gasteiger partial charge >= 0.3 is 5.97 Å². The van der Waals surface area contributed by atoms with E-state index < -0.39 is 17.8 Å². The van der Waals surface area contributed by atoms with Crippen LogP contribution in [0.3, 0.4) is 0 Å². The molecule has 23 heavy (non-hydrogen) atoms. The molecule has 0 fully saturated rings. The molecule has 0 aliphatic heterocycles. The van der Waals surface area contributed by atoms with Gasteiger partial charge in [-0.3, -0.25) is 20.4 Å². The molecule has 1 aromatic carbocycles. The summed E-state index contributed by atoms with van der Waals surface area (Å²) in [6.45, 7) is 1.91. The number of hydrogen-bond acceptors (Lipinski definition) is 4. The van der Waals surface area contributed by atoms with Gasteiger partial charge in [0.15, 0.2) is 0 Å². The molecule has 0 aliphatic rings. The first-order valence-corrected chi connectivity index (χ1v) is 7.52. The minimum absolute atomic E-state index is 0.446. The Morgan fingerprint density at radius 1 is 1.09 bits per heavy atom. The number of rotatable bonds is 4. The minimum atomic E-state index is -1.24. The molecule has 1 heterocycles. The fourth-order valence-electron chi connectivity index (χ4n) is 1.96. The van der Waals surface area contributed by atoms with Gasteiger partial charge in [-0.25, -0.2) is 4.79 Å². The van der Waals surface area contributed by atoms with Gasteiger partial charge in [0, 0.05) is 28.0 Å². The van der Waals surface area contributed by atoms with Crippen molar-refractivity contribution in [3.8, 4) is 11.1 Å². The summed E-state index contributed by atoms with van der Waals surface area (Å²) in [7, 11) is 0. The number of carboxylic acid groups (broad SMARTS) is 1. The highest BCUT2D eigenvalue weighted by molar-refractivity contribution is 7.10. The zero-order valence-corrected chi connectivity index (χ0v) is 13.0. The maximum Gasteiger partial charge on any atom is 0.328 e. The Kier molecular flexibility index (Phi) is 5.27. The number of hydrazine groups is 1. The van der Waals surface area contributed by atoms with Crippen LogP contribution in [0.5, 0.6) is 0 Å². The molecule has 3 N–H and O–H groups in total. The van der Waals surface area contributed by atoms with Crippen molar-refractivity contribution in [3.63, 3.8) is 0 Å². The van der Waals surface area contributed by atoms with Crippen LogP contribution in [0.2, 0.25) is 0 Å². The zero-order chi connectivity index (χ0) is 16.8. The summed E-state index contributed by atoms with van der Waals surface area (Å²) >= 11 is 1.44. The first kappa shape index (κ1) is 16.4. The smallest absolute Gasteiger partial charge is 0.328 e. The van der Waals surface area contributed by atoms with E-state index >= 15 is 0 Å². The second-order valence-corrected chi connectivity index (χ2v) is 5.65. The third-order valence-corrected chi connectivity index (χ3v) is 3.87. The predicted molar refractivity (Wildman–Crippen MR) is 86.9 cm³/mol. The van der Waals surface area contributed by atoms with Crippen molar-refractivity contribution in [3.05, 3.63) is 58.3 Å². The fraction of sp³-hybridized carbons (Fsp3) is 0.0625. The summed E-state index contributed by atoms with van der Waals surface area (Å²) in [4.78, 5) is 34.9. The molecule has 0 unspecified atom stereocenters. The standard InChI is InChI=1S/C16H14N2O4S/c1-10-15(11-5-3-2-4-6-11)12(9-23-10)16(22)18-17-13(19)7-8-14(20)21/h2-9H,1H3,(H,17,19)(H,18,22)(H,20,21). The van der Waals surface area contributed by atoms with Crippen LogP contribution in [0.4, 0.5) is 0 Å². The maximum atomic E-state index is 12.2. The summed E-state index contributed by atoms with van der Waals surface area (Å²) in [5.74, 6) is -2.44. The second kappa shape index (κ2) is 7.37. The summed E-state index contributed by atoms with van der Waals surface area (Å²) in [5, 5.41) is 10.1. The van der Waals surface area contributed by atoms with Gasteiger partial charge in [0.25, 0.3) is 11.8 Å². The molecule has 1 aromatic heterocycles. The molecule has 2 aromatic rings. The number of carbonyl (C=O) groups is 3. The lowest BCUT2D eigenvalue weighted by atomic mass is 10.0. The van der Waals surface area contributed by atoms with Crippen LogP contribution in [-0.2, 0) is 9.59 Å². The number of thiophene rings is 1. The van der Waals surface area contributed by atoms with Crippen molar-refractivity contribution < 1.29 is 19.5 Å². The zero-order valence-electron chi connectivity index (χ0n) is 12.2. The SMILES string of the molecule is Cc1scc(C(=O)NNC(=O)C=CC(=O)O)c1-c1ccccc1. The van der Waals surface area contributed by atoms with Crippen LogP contribution in [0, 0.1) is 6.92 Å². The number of nitrogens with one attached hydrogen (secondary N) is 2. The van der Waals surface area contributed by atoms with Gasteiger partial charge in [0.2, 0.25) is 0 Å². The molecule has 0 bridgehead atoms. The van der Waals surface area contributed by atoms with E-state index in [1.54, 1.807) is 5.38 Å². The van der Waals surface area contributed by atoms with Gasteiger partial charge < -0.3 is 5.11 Å². The minimum Gasteiger partial charge on any atom is -0.478 e. The second-order valence-electron chi connectivity index (χ2n) is 4.56. The third-order valence-electron chi connectivity index (χ3n) is 2.96. The van der Waals surface area contributed by atoms with Crippen molar-refractivity contribution in [2.45, 2.75) is 6.92 Å². The van der Waals surface area contributed by atoms with Gasteiger partial charge in [0.1, 0.15) is 0 Å². The van der Waals surface area contributed by atoms with Crippen molar-refractivity contribution in [2.75, 3.05) is 0 Å². The van der Waals surface area contributed by atoms with Crippen molar-refractivity contribution in [1.82, 2.24) is 10.9 Å². The molecule has 0 saturated carbocycles. The summed E-state index contributed by atoms with van der Waals surface area (Å²) in [6, 6.07) is 9.46. The molecular weight excluding hydrogens is 316 g/mol. The number of carbonyl (C=O) groups excluding carboxylic acids is 2. The molecule has 0 saturated heterocycles. The number of aliphatic carboxylic acids is 1. The van der Waals surface area contributed by atoms with E-state index in [4.69, 9.17) is 5.11 Å². The lowest BCUT2D eigenvalue weighted by Crippen LogP contribution is -2.40. The van der Waals surface area contributed by atoms with E-state index in [1.165, 1.54) is 11.3 Å². The number of carboxylic acids is 1.